The van der Waals surface area contributed by atoms with Gasteiger partial charge in [-0.25, -0.2) is 17.9 Å². The number of rotatable bonds is 7. The van der Waals surface area contributed by atoms with Crippen molar-refractivity contribution in [2.24, 2.45) is 5.92 Å². The van der Waals surface area contributed by atoms with E-state index >= 15 is 0 Å². The molecule has 1 saturated heterocycles. The molecule has 0 aromatic heterocycles. The lowest BCUT2D eigenvalue weighted by molar-refractivity contribution is 0.0231. The number of carbonyl (C=O) groups excluding carboxylic acids is 1. The van der Waals surface area contributed by atoms with Gasteiger partial charge < -0.3 is 19.1 Å². The number of nitrogens with zero attached hydrogens (tertiary/aromatic N) is 1. The van der Waals surface area contributed by atoms with Crippen molar-refractivity contribution < 1.29 is 27.4 Å². The third kappa shape index (κ3) is 8.40. The highest BCUT2D eigenvalue weighted by atomic mass is 35.5. The summed E-state index contributed by atoms with van der Waals surface area (Å²) < 4.78 is 43.6. The van der Waals surface area contributed by atoms with Crippen molar-refractivity contribution in [3.63, 3.8) is 0 Å². The summed E-state index contributed by atoms with van der Waals surface area (Å²) in [5.74, 6) is -0.547. The van der Waals surface area contributed by atoms with Crippen LogP contribution < -0.4 is 4.72 Å². The van der Waals surface area contributed by atoms with Gasteiger partial charge >= 0.3 is 6.09 Å². The van der Waals surface area contributed by atoms with Crippen molar-refractivity contribution in [1.29, 1.82) is 0 Å². The van der Waals surface area contributed by atoms with Crippen molar-refractivity contribution >= 4 is 39.3 Å². The van der Waals surface area contributed by atoms with Gasteiger partial charge in [0.1, 0.15) is 5.60 Å². The van der Waals surface area contributed by atoms with E-state index in [0.29, 0.717) is 16.6 Å². The second-order valence-electron chi connectivity index (χ2n) is 8.31. The van der Waals surface area contributed by atoms with E-state index in [1.807, 2.05) is 0 Å². The first-order valence-electron chi connectivity index (χ1n) is 9.92. The van der Waals surface area contributed by atoms with E-state index in [-0.39, 0.29) is 38.0 Å². The monoisotopic (exact) mass is 496 g/mol. The molecule has 1 aromatic carbocycles. The molecule has 1 fully saturated rings. The average molecular weight is 497 g/mol. The van der Waals surface area contributed by atoms with Crippen LogP contribution in [-0.4, -0.2) is 70.7 Å². The molecule has 1 aliphatic rings. The van der Waals surface area contributed by atoms with Crippen molar-refractivity contribution in [1.82, 2.24) is 9.62 Å². The molecule has 0 bridgehead atoms. The smallest absolute Gasteiger partial charge is 0.410 e. The molecule has 2 rings (SSSR count). The molecule has 8 nitrogen and oxygen atoms in total. The molecule has 0 aliphatic carbocycles. The summed E-state index contributed by atoms with van der Waals surface area (Å²) in [7, 11) is -2.12. The maximum absolute atomic E-state index is 12.7. The fourth-order valence-corrected chi connectivity index (χ4v) is 4.42. The first-order valence-corrected chi connectivity index (χ1v) is 12.3. The number of sulfonamides is 1. The summed E-state index contributed by atoms with van der Waals surface area (Å²) in [5.41, 5.74) is 0.103. The Morgan fingerprint density at radius 1 is 1.29 bits per heavy atom. The lowest BCUT2D eigenvalue weighted by Gasteiger charge is -2.30. The van der Waals surface area contributed by atoms with Crippen LogP contribution in [0.3, 0.4) is 0 Å². The average Bonchev–Trinajstić information content (AvgIpc) is 2.88. The molecule has 1 aromatic rings. The van der Waals surface area contributed by atoms with Crippen molar-refractivity contribution in [3.8, 4) is 0 Å². The van der Waals surface area contributed by atoms with E-state index in [4.69, 9.17) is 37.4 Å². The van der Waals surface area contributed by atoms with Gasteiger partial charge in [0, 0.05) is 32.7 Å². The van der Waals surface area contributed by atoms with Gasteiger partial charge in [-0.3, -0.25) is 0 Å². The minimum Gasteiger partial charge on any atom is -0.444 e. The van der Waals surface area contributed by atoms with Gasteiger partial charge in [-0.1, -0.05) is 29.3 Å². The van der Waals surface area contributed by atoms with Gasteiger partial charge in [-0.2, -0.15) is 0 Å². The van der Waals surface area contributed by atoms with Crippen LogP contribution in [0.1, 0.15) is 32.4 Å². The molecule has 0 saturated carbocycles. The zero-order valence-corrected chi connectivity index (χ0v) is 20.5. The van der Waals surface area contributed by atoms with E-state index in [9.17, 15) is 13.2 Å². The molecule has 31 heavy (non-hydrogen) atoms. The molecule has 0 spiro atoms. The number of methoxy groups -OCH3 is 1. The van der Waals surface area contributed by atoms with Gasteiger partial charge in [0.25, 0.3) is 0 Å². The van der Waals surface area contributed by atoms with Crippen LogP contribution in [-0.2, 0) is 24.2 Å². The Hall–Kier alpha value is -1.10. The second kappa shape index (κ2) is 11.2. The lowest BCUT2D eigenvalue weighted by atomic mass is 9.95. The number of ether oxygens (including phenoxy) is 3. The highest BCUT2D eigenvalue weighted by molar-refractivity contribution is 7.89. The van der Waals surface area contributed by atoms with Gasteiger partial charge in [0.05, 0.1) is 35.1 Å². The lowest BCUT2D eigenvalue weighted by Crippen LogP contribution is -2.43. The minimum atomic E-state index is -3.55. The number of carbonyl (C=O) groups is 1. The molecule has 0 radical (unpaired) electrons. The maximum atomic E-state index is 12.7. The summed E-state index contributed by atoms with van der Waals surface area (Å²) in [4.78, 5) is 14.2. The summed E-state index contributed by atoms with van der Waals surface area (Å²) >= 11 is 12.2. The van der Waals surface area contributed by atoms with Crippen molar-refractivity contribution in [2.75, 3.05) is 45.7 Å². The fourth-order valence-electron chi connectivity index (χ4n) is 3.12. The molecular formula is C20H30Cl2N2O6S. The van der Waals surface area contributed by atoms with Crippen LogP contribution >= 0.6 is 23.2 Å². The number of amides is 1. The summed E-state index contributed by atoms with van der Waals surface area (Å²) in [5, 5.41) is 0.779. The fraction of sp³-hybridized carbons (Fsp3) is 0.650. The van der Waals surface area contributed by atoms with Gasteiger partial charge in [-0.15, -0.1) is 0 Å². The molecule has 1 heterocycles. The van der Waals surface area contributed by atoms with Crippen molar-refractivity contribution in [2.45, 2.75) is 32.5 Å². The maximum Gasteiger partial charge on any atom is 0.410 e. The van der Waals surface area contributed by atoms with Crippen LogP contribution in [0.2, 0.25) is 10.0 Å². The Morgan fingerprint density at radius 2 is 2.00 bits per heavy atom. The van der Waals surface area contributed by atoms with Crippen LogP contribution in [0.4, 0.5) is 4.79 Å². The van der Waals surface area contributed by atoms with Gasteiger partial charge in [-0.05, 0) is 38.5 Å². The number of hydrogen-bond donors (Lipinski definition) is 1. The standard InChI is InChI=1S/C20H30Cl2N2O6S/c1-20(2,3)30-19(25)24-7-8-29-18(14-5-6-16(21)17(22)11-14)15(13-24)12-23-31(26,27)10-9-28-4/h5-6,11,15,18,23H,7-10,12-13H2,1-4H3/t15-,18+/m1/s1. The highest BCUT2D eigenvalue weighted by Gasteiger charge is 2.34. The zero-order valence-electron chi connectivity index (χ0n) is 18.2. The van der Waals surface area contributed by atoms with E-state index in [1.54, 1.807) is 39.0 Å². The molecule has 176 valence electrons. The van der Waals surface area contributed by atoms with E-state index in [1.165, 1.54) is 12.0 Å². The Balaban J connectivity index is 2.26. The van der Waals surface area contributed by atoms with E-state index in [2.05, 4.69) is 4.72 Å². The summed E-state index contributed by atoms with van der Waals surface area (Å²) in [6, 6.07) is 5.15. The van der Waals surface area contributed by atoms with Gasteiger partial charge in [0.2, 0.25) is 10.0 Å². The molecule has 0 unspecified atom stereocenters. The molecular weight excluding hydrogens is 467 g/mol. The van der Waals surface area contributed by atoms with Crippen LogP contribution in [0.25, 0.3) is 0 Å². The summed E-state index contributed by atoms with van der Waals surface area (Å²) in [6.45, 7) is 6.34. The van der Waals surface area contributed by atoms with Crippen LogP contribution in [0.5, 0.6) is 0 Å². The van der Waals surface area contributed by atoms with Crippen LogP contribution in [0, 0.1) is 5.92 Å². The van der Waals surface area contributed by atoms with E-state index < -0.39 is 27.8 Å². The third-order valence-corrected chi connectivity index (χ3v) is 6.64. The highest BCUT2D eigenvalue weighted by Crippen LogP contribution is 2.33. The molecule has 1 N–H and O–H groups in total. The topological polar surface area (TPSA) is 94.2 Å². The molecule has 11 heteroatoms. The predicted molar refractivity (Wildman–Crippen MR) is 120 cm³/mol. The first kappa shape index (κ1) is 26.2. The largest absolute Gasteiger partial charge is 0.444 e. The number of nitrogens with one attached hydrogen (secondary N) is 1. The number of benzene rings is 1. The minimum absolute atomic E-state index is 0.0657. The summed E-state index contributed by atoms with van der Waals surface area (Å²) in [6.07, 6.45) is -0.967. The Morgan fingerprint density at radius 3 is 2.61 bits per heavy atom. The predicted octanol–water partition coefficient (Wildman–Crippen LogP) is 3.48. The number of hydrogen-bond acceptors (Lipinski definition) is 6. The van der Waals surface area contributed by atoms with Crippen molar-refractivity contribution in [3.05, 3.63) is 33.8 Å². The molecule has 2 atom stereocenters. The zero-order chi connectivity index (χ0) is 23.2. The third-order valence-electron chi connectivity index (χ3n) is 4.59. The SMILES string of the molecule is COCCS(=O)(=O)NC[C@@H]1CN(C(=O)OC(C)(C)C)CCO[C@H]1c1ccc(Cl)c(Cl)c1. The quantitative estimate of drug-likeness (QED) is 0.620. The van der Waals surface area contributed by atoms with Gasteiger partial charge in [0.15, 0.2) is 0 Å². The Bertz CT molecular complexity index is 860. The number of halogens is 2. The molecule has 1 amide bonds. The molecule has 1 aliphatic heterocycles. The second-order valence-corrected chi connectivity index (χ2v) is 11.1. The normalized spacial score (nSPS) is 20.4. The van der Waals surface area contributed by atoms with E-state index in [0.717, 1.165) is 5.56 Å². The Labute approximate surface area is 194 Å². The first-order chi connectivity index (χ1) is 14.4. The van der Waals surface area contributed by atoms with Crippen LogP contribution in [0.15, 0.2) is 18.2 Å². The Kier molecular flexibility index (Phi) is 9.41.